The lowest BCUT2D eigenvalue weighted by atomic mass is 9.83. The van der Waals surface area contributed by atoms with Crippen LogP contribution in [0.15, 0.2) is 0 Å². The topological polar surface area (TPSA) is 118 Å². The summed E-state index contributed by atoms with van der Waals surface area (Å²) in [5.41, 5.74) is -2.13. The van der Waals surface area contributed by atoms with Crippen LogP contribution in [0.25, 0.3) is 0 Å². The second-order valence-electron chi connectivity index (χ2n) is 4.22. The van der Waals surface area contributed by atoms with Gasteiger partial charge in [0.25, 0.3) is 0 Å². The summed E-state index contributed by atoms with van der Waals surface area (Å²) in [7, 11) is 0. The van der Waals surface area contributed by atoms with Crippen LogP contribution in [0.4, 0.5) is 0 Å². The van der Waals surface area contributed by atoms with E-state index in [0.717, 1.165) is 12.8 Å². The van der Waals surface area contributed by atoms with Crippen molar-refractivity contribution >= 4 is 6.29 Å². The van der Waals surface area contributed by atoms with E-state index in [-0.39, 0.29) is 12.7 Å². The Bertz CT molecular complexity index is 222. The van der Waals surface area contributed by atoms with Gasteiger partial charge in [-0.15, -0.1) is 0 Å². The molecule has 0 saturated carbocycles. The van der Waals surface area contributed by atoms with E-state index in [9.17, 15) is 25.2 Å². The fourth-order valence-electron chi connectivity index (χ4n) is 1.68. The molecule has 0 rings (SSSR count). The fourth-order valence-corrected chi connectivity index (χ4v) is 1.68. The van der Waals surface area contributed by atoms with Gasteiger partial charge < -0.3 is 30.3 Å². The average molecular weight is 250 g/mol. The van der Waals surface area contributed by atoms with Gasteiger partial charge in [-0.25, -0.2) is 0 Å². The monoisotopic (exact) mass is 250 g/mol. The zero-order valence-corrected chi connectivity index (χ0v) is 9.99. The van der Waals surface area contributed by atoms with Gasteiger partial charge in [-0.05, 0) is 6.42 Å². The molecule has 0 fully saturated rings. The van der Waals surface area contributed by atoms with Gasteiger partial charge in [0.2, 0.25) is 0 Å². The molecule has 0 aromatic rings. The molecule has 0 unspecified atom stereocenters. The fraction of sp³-hybridized carbons (Fsp3) is 0.909. The summed E-state index contributed by atoms with van der Waals surface area (Å²) in [5.74, 6) is 0. The highest BCUT2D eigenvalue weighted by molar-refractivity contribution is 5.58. The predicted molar refractivity (Wildman–Crippen MR) is 60.3 cm³/mol. The number of aldehydes is 1. The van der Waals surface area contributed by atoms with E-state index in [4.69, 9.17) is 5.11 Å². The molecular formula is C11H22O6. The van der Waals surface area contributed by atoms with Crippen molar-refractivity contribution in [1.29, 1.82) is 0 Å². The molecule has 102 valence electrons. The second-order valence-corrected chi connectivity index (χ2v) is 4.22. The molecule has 0 aromatic carbocycles. The van der Waals surface area contributed by atoms with Crippen LogP contribution in [0.5, 0.6) is 0 Å². The Morgan fingerprint density at radius 2 is 1.82 bits per heavy atom. The van der Waals surface area contributed by atoms with Crippen molar-refractivity contribution in [3.8, 4) is 0 Å². The number of hydrogen-bond acceptors (Lipinski definition) is 6. The summed E-state index contributed by atoms with van der Waals surface area (Å²) in [5, 5.41) is 47.1. The quantitative estimate of drug-likeness (QED) is 0.253. The summed E-state index contributed by atoms with van der Waals surface area (Å²) in [6, 6.07) is 0. The number of aliphatic hydroxyl groups is 5. The Balaban J connectivity index is 4.75. The van der Waals surface area contributed by atoms with Gasteiger partial charge in [-0.2, -0.15) is 0 Å². The molecule has 0 saturated heterocycles. The van der Waals surface area contributed by atoms with E-state index in [0.29, 0.717) is 6.42 Å². The highest BCUT2D eigenvalue weighted by Gasteiger charge is 2.45. The van der Waals surface area contributed by atoms with Crippen LogP contribution in [-0.4, -0.2) is 62.3 Å². The highest BCUT2D eigenvalue weighted by Crippen LogP contribution is 2.25. The first kappa shape index (κ1) is 16.5. The minimum Gasteiger partial charge on any atom is -0.394 e. The normalized spacial score (nSPS) is 20.4. The lowest BCUT2D eigenvalue weighted by Crippen LogP contribution is -2.58. The van der Waals surface area contributed by atoms with Gasteiger partial charge in [0, 0.05) is 0 Å². The molecule has 0 spiro atoms. The third-order valence-corrected chi connectivity index (χ3v) is 2.89. The Labute approximate surface area is 101 Å². The molecule has 0 radical (unpaired) electrons. The largest absolute Gasteiger partial charge is 0.394 e. The lowest BCUT2D eigenvalue weighted by Gasteiger charge is -2.36. The summed E-state index contributed by atoms with van der Waals surface area (Å²) >= 11 is 0. The van der Waals surface area contributed by atoms with Crippen molar-refractivity contribution < 1.29 is 30.3 Å². The number of unbranched alkanes of at least 4 members (excludes halogenated alkanes) is 2. The number of aliphatic hydroxyl groups excluding tert-OH is 4. The molecule has 0 heterocycles. The SMILES string of the molecule is CCCCC[C@](O)([C@H](O)[C@H](O)CO)[C@@H](O)C=O. The van der Waals surface area contributed by atoms with E-state index >= 15 is 0 Å². The smallest absolute Gasteiger partial charge is 0.151 e. The molecule has 6 nitrogen and oxygen atoms in total. The Morgan fingerprint density at radius 1 is 1.24 bits per heavy atom. The zero-order valence-electron chi connectivity index (χ0n) is 9.99. The first-order chi connectivity index (χ1) is 7.93. The van der Waals surface area contributed by atoms with Crippen LogP contribution in [0.2, 0.25) is 0 Å². The van der Waals surface area contributed by atoms with Crippen LogP contribution in [0.3, 0.4) is 0 Å². The average Bonchev–Trinajstić information content (AvgIpc) is 2.35. The van der Waals surface area contributed by atoms with Crippen molar-refractivity contribution in [3.63, 3.8) is 0 Å². The minimum absolute atomic E-state index is 0.0288. The molecule has 0 amide bonds. The minimum atomic E-state index is -2.13. The van der Waals surface area contributed by atoms with Crippen LogP contribution in [0.1, 0.15) is 32.6 Å². The van der Waals surface area contributed by atoms with E-state index in [1.54, 1.807) is 0 Å². The third kappa shape index (κ3) is 4.33. The maximum atomic E-state index is 10.5. The summed E-state index contributed by atoms with van der Waals surface area (Å²) in [6.07, 6.45) is -2.97. The molecule has 17 heavy (non-hydrogen) atoms. The molecule has 0 aliphatic rings. The Hall–Kier alpha value is -0.530. The van der Waals surface area contributed by atoms with Gasteiger partial charge in [0.15, 0.2) is 6.29 Å². The molecule has 5 N–H and O–H groups in total. The number of rotatable bonds is 9. The first-order valence-electron chi connectivity index (χ1n) is 5.76. The van der Waals surface area contributed by atoms with Crippen molar-refractivity contribution in [2.45, 2.75) is 56.5 Å². The molecular weight excluding hydrogens is 228 g/mol. The number of carbonyl (C=O) groups excluding carboxylic acids is 1. The first-order valence-corrected chi connectivity index (χ1v) is 5.76. The van der Waals surface area contributed by atoms with E-state index in [1.807, 2.05) is 6.92 Å². The maximum absolute atomic E-state index is 10.5. The van der Waals surface area contributed by atoms with Crippen molar-refractivity contribution in [2.24, 2.45) is 0 Å². The van der Waals surface area contributed by atoms with Crippen LogP contribution in [0, 0.1) is 0 Å². The lowest BCUT2D eigenvalue weighted by molar-refractivity contribution is -0.184. The number of hydrogen-bond donors (Lipinski definition) is 5. The number of carbonyl (C=O) groups is 1. The summed E-state index contributed by atoms with van der Waals surface area (Å²) in [6.45, 7) is 1.18. The predicted octanol–water partition coefficient (Wildman–Crippen LogP) is -1.43. The molecule has 0 aliphatic heterocycles. The highest BCUT2D eigenvalue weighted by atomic mass is 16.4. The molecule has 6 heteroatoms. The molecule has 4 atom stereocenters. The van der Waals surface area contributed by atoms with Gasteiger partial charge in [-0.3, -0.25) is 0 Å². The summed E-state index contributed by atoms with van der Waals surface area (Å²) < 4.78 is 0. The van der Waals surface area contributed by atoms with Gasteiger partial charge in [-0.1, -0.05) is 26.2 Å². The van der Waals surface area contributed by atoms with Gasteiger partial charge in [0.05, 0.1) is 6.61 Å². The van der Waals surface area contributed by atoms with Crippen LogP contribution >= 0.6 is 0 Å². The van der Waals surface area contributed by atoms with E-state index in [2.05, 4.69) is 0 Å². The van der Waals surface area contributed by atoms with Gasteiger partial charge in [0.1, 0.15) is 23.9 Å². The zero-order chi connectivity index (χ0) is 13.5. The van der Waals surface area contributed by atoms with Crippen LogP contribution in [-0.2, 0) is 4.79 Å². The van der Waals surface area contributed by atoms with Crippen molar-refractivity contribution in [2.75, 3.05) is 6.61 Å². The molecule has 0 aromatic heterocycles. The third-order valence-electron chi connectivity index (χ3n) is 2.89. The van der Waals surface area contributed by atoms with E-state index in [1.165, 1.54) is 0 Å². The van der Waals surface area contributed by atoms with Crippen molar-refractivity contribution in [1.82, 2.24) is 0 Å². The Morgan fingerprint density at radius 3 is 2.24 bits per heavy atom. The summed E-state index contributed by atoms with van der Waals surface area (Å²) in [4.78, 5) is 10.5. The molecule has 0 bridgehead atoms. The van der Waals surface area contributed by atoms with Crippen molar-refractivity contribution in [3.05, 3.63) is 0 Å². The Kier molecular flexibility index (Phi) is 7.49. The van der Waals surface area contributed by atoms with Crippen LogP contribution < -0.4 is 0 Å². The van der Waals surface area contributed by atoms with E-state index < -0.39 is 30.5 Å². The van der Waals surface area contributed by atoms with Gasteiger partial charge >= 0.3 is 0 Å². The maximum Gasteiger partial charge on any atom is 0.151 e. The molecule has 0 aliphatic carbocycles. The second kappa shape index (κ2) is 7.73. The standard InChI is InChI=1S/C11H22O6/c1-2-3-4-5-11(17,9(15)7-13)10(16)8(14)6-12/h7-10,12,14-17H,2-6H2,1H3/t8-,9+,10-,11-/m1/s1.